The van der Waals surface area contributed by atoms with Crippen molar-refractivity contribution in [3.05, 3.63) is 41.7 Å². The lowest BCUT2D eigenvalue weighted by atomic mass is 10.1. The van der Waals surface area contributed by atoms with Crippen molar-refractivity contribution in [2.24, 2.45) is 5.84 Å². The van der Waals surface area contributed by atoms with Crippen molar-refractivity contribution >= 4 is 11.7 Å². The largest absolute Gasteiger partial charge is 0.481 e. The van der Waals surface area contributed by atoms with Crippen LogP contribution in [-0.4, -0.2) is 11.1 Å². The molecule has 5 heteroatoms. The maximum absolute atomic E-state index is 12.9. The van der Waals surface area contributed by atoms with Crippen molar-refractivity contribution in [2.75, 3.05) is 0 Å². The Balaban J connectivity index is 2.92. The zero-order valence-corrected chi connectivity index (χ0v) is 7.90. The first-order valence-corrected chi connectivity index (χ1v) is 4.28. The maximum atomic E-state index is 12.9. The summed E-state index contributed by atoms with van der Waals surface area (Å²) >= 11 is 0. The van der Waals surface area contributed by atoms with Gasteiger partial charge in [-0.1, -0.05) is 12.1 Å². The molecular weight excluding hydrogens is 199 g/mol. The van der Waals surface area contributed by atoms with Gasteiger partial charge in [0.05, 0.1) is 12.1 Å². The van der Waals surface area contributed by atoms with Crippen molar-refractivity contribution in [2.45, 2.75) is 6.42 Å². The molecule has 0 spiro atoms. The highest BCUT2D eigenvalue weighted by Crippen LogP contribution is 2.12. The number of benzene rings is 1. The number of carboxylic acid groups (broad SMARTS) is 1. The molecule has 0 saturated heterocycles. The van der Waals surface area contributed by atoms with Crippen molar-refractivity contribution in [1.82, 2.24) is 5.43 Å². The summed E-state index contributed by atoms with van der Waals surface area (Å²) in [4.78, 5) is 10.3. The standard InChI is InChI=1S/C10H11FN2O2/c11-8-3-1-2-7(6-8)9(13-12)4-5-10(14)15/h1-4,6,13H,5,12H2,(H,14,15)/b9-4-. The lowest BCUT2D eigenvalue weighted by Crippen LogP contribution is -2.20. The van der Waals surface area contributed by atoms with E-state index >= 15 is 0 Å². The summed E-state index contributed by atoms with van der Waals surface area (Å²) in [6.45, 7) is 0. The second-order valence-corrected chi connectivity index (χ2v) is 2.87. The molecule has 4 nitrogen and oxygen atoms in total. The lowest BCUT2D eigenvalue weighted by Gasteiger charge is -2.06. The molecule has 0 aliphatic carbocycles. The van der Waals surface area contributed by atoms with E-state index in [1.165, 1.54) is 24.3 Å². The van der Waals surface area contributed by atoms with E-state index < -0.39 is 11.8 Å². The monoisotopic (exact) mass is 210 g/mol. The molecule has 0 bridgehead atoms. The Bertz CT molecular complexity index is 391. The zero-order chi connectivity index (χ0) is 11.3. The summed E-state index contributed by atoms with van der Waals surface area (Å²) < 4.78 is 12.9. The average molecular weight is 210 g/mol. The number of hydrogen-bond donors (Lipinski definition) is 3. The third-order valence-electron chi connectivity index (χ3n) is 1.77. The molecule has 0 radical (unpaired) electrons. The van der Waals surface area contributed by atoms with Crippen LogP contribution >= 0.6 is 0 Å². The van der Waals surface area contributed by atoms with Gasteiger partial charge in [0.25, 0.3) is 0 Å². The van der Waals surface area contributed by atoms with E-state index in [-0.39, 0.29) is 6.42 Å². The maximum Gasteiger partial charge on any atom is 0.307 e. The SMILES string of the molecule is NN/C(=C\CC(=O)O)c1cccc(F)c1. The van der Waals surface area contributed by atoms with Crippen LogP contribution in [-0.2, 0) is 4.79 Å². The van der Waals surface area contributed by atoms with E-state index in [1.54, 1.807) is 6.07 Å². The zero-order valence-electron chi connectivity index (χ0n) is 7.90. The van der Waals surface area contributed by atoms with Crippen LogP contribution in [0.5, 0.6) is 0 Å². The molecule has 0 aliphatic heterocycles. The van der Waals surface area contributed by atoms with Crippen molar-refractivity contribution in [1.29, 1.82) is 0 Å². The number of hydrazine groups is 1. The van der Waals surface area contributed by atoms with Crippen LogP contribution in [0.1, 0.15) is 12.0 Å². The second kappa shape index (κ2) is 5.11. The van der Waals surface area contributed by atoms with E-state index in [4.69, 9.17) is 10.9 Å². The third-order valence-corrected chi connectivity index (χ3v) is 1.77. The van der Waals surface area contributed by atoms with Crippen LogP contribution in [0.4, 0.5) is 4.39 Å². The summed E-state index contributed by atoms with van der Waals surface area (Å²) in [6, 6.07) is 5.73. The van der Waals surface area contributed by atoms with Gasteiger partial charge in [0.15, 0.2) is 0 Å². The van der Waals surface area contributed by atoms with Crippen LogP contribution in [0.15, 0.2) is 30.3 Å². The summed E-state index contributed by atoms with van der Waals surface area (Å²) in [5.41, 5.74) is 3.23. The van der Waals surface area contributed by atoms with Gasteiger partial charge in [-0.25, -0.2) is 4.39 Å². The molecule has 0 unspecified atom stereocenters. The number of nitrogens with two attached hydrogens (primary N) is 1. The Morgan fingerprint density at radius 3 is 2.87 bits per heavy atom. The molecule has 0 heterocycles. The topological polar surface area (TPSA) is 75.3 Å². The van der Waals surface area contributed by atoms with Gasteiger partial charge in [-0.15, -0.1) is 0 Å². The molecular formula is C10H11FN2O2. The highest BCUT2D eigenvalue weighted by atomic mass is 19.1. The summed E-state index contributed by atoms with van der Waals surface area (Å²) in [5, 5.41) is 8.47. The van der Waals surface area contributed by atoms with Crippen LogP contribution in [0.25, 0.3) is 5.70 Å². The molecule has 1 rings (SSSR count). The van der Waals surface area contributed by atoms with Gasteiger partial charge >= 0.3 is 5.97 Å². The van der Waals surface area contributed by atoms with Gasteiger partial charge in [0.2, 0.25) is 0 Å². The lowest BCUT2D eigenvalue weighted by molar-refractivity contribution is -0.135. The fraction of sp³-hybridized carbons (Fsp3) is 0.100. The summed E-state index contributed by atoms with van der Waals surface area (Å²) in [6.07, 6.45) is 1.22. The van der Waals surface area contributed by atoms with Crippen LogP contribution in [0, 0.1) is 5.82 Å². The minimum atomic E-state index is -0.973. The Hall–Kier alpha value is -1.88. The fourth-order valence-corrected chi connectivity index (χ4v) is 1.11. The van der Waals surface area contributed by atoms with E-state index in [1.807, 2.05) is 0 Å². The van der Waals surface area contributed by atoms with Crippen LogP contribution in [0.3, 0.4) is 0 Å². The first-order valence-electron chi connectivity index (χ1n) is 4.28. The molecule has 80 valence electrons. The van der Waals surface area contributed by atoms with Gasteiger partial charge in [-0.05, 0) is 18.2 Å². The highest BCUT2D eigenvalue weighted by molar-refractivity contribution is 5.73. The molecule has 4 N–H and O–H groups in total. The quantitative estimate of drug-likeness (QED) is 0.514. The van der Waals surface area contributed by atoms with Gasteiger partial charge in [0.1, 0.15) is 5.82 Å². The van der Waals surface area contributed by atoms with Crippen molar-refractivity contribution < 1.29 is 14.3 Å². The van der Waals surface area contributed by atoms with E-state index in [0.717, 1.165) is 0 Å². The number of aliphatic carboxylic acids is 1. The van der Waals surface area contributed by atoms with Gasteiger partial charge in [-0.2, -0.15) is 0 Å². The van der Waals surface area contributed by atoms with Crippen LogP contribution in [0.2, 0.25) is 0 Å². The Kier molecular flexibility index (Phi) is 3.82. The van der Waals surface area contributed by atoms with Gasteiger partial charge in [-0.3, -0.25) is 10.6 Å². The second-order valence-electron chi connectivity index (χ2n) is 2.87. The summed E-state index contributed by atoms with van der Waals surface area (Å²) in [7, 11) is 0. The molecule has 0 fully saturated rings. The van der Waals surface area contributed by atoms with E-state index in [2.05, 4.69) is 5.43 Å². The number of carboxylic acids is 1. The first kappa shape index (κ1) is 11.2. The number of hydrogen-bond acceptors (Lipinski definition) is 3. The molecule has 0 aliphatic rings. The van der Waals surface area contributed by atoms with Gasteiger partial charge < -0.3 is 10.5 Å². The summed E-state index contributed by atoms with van der Waals surface area (Å²) in [5.74, 6) is 3.84. The number of carbonyl (C=O) groups is 1. The predicted molar refractivity (Wildman–Crippen MR) is 54.0 cm³/mol. The Labute approximate surface area is 86.2 Å². The van der Waals surface area contributed by atoms with Crippen molar-refractivity contribution in [3.63, 3.8) is 0 Å². The highest BCUT2D eigenvalue weighted by Gasteiger charge is 2.02. The van der Waals surface area contributed by atoms with Gasteiger partial charge in [0, 0.05) is 5.56 Å². The molecule has 1 aromatic rings. The molecule has 0 aromatic heterocycles. The van der Waals surface area contributed by atoms with E-state index in [0.29, 0.717) is 11.3 Å². The molecule has 15 heavy (non-hydrogen) atoms. The number of rotatable bonds is 4. The van der Waals surface area contributed by atoms with Crippen LogP contribution < -0.4 is 11.3 Å². The molecule has 0 saturated carbocycles. The average Bonchev–Trinajstić information content (AvgIpc) is 2.18. The molecule has 0 amide bonds. The Morgan fingerprint density at radius 2 is 2.33 bits per heavy atom. The smallest absolute Gasteiger partial charge is 0.307 e. The molecule has 0 atom stereocenters. The minimum absolute atomic E-state index is 0.171. The van der Waals surface area contributed by atoms with E-state index in [9.17, 15) is 9.18 Å². The predicted octanol–water partition coefficient (Wildman–Crippen LogP) is 1.10. The first-order chi connectivity index (χ1) is 7.13. The van der Waals surface area contributed by atoms with Crippen molar-refractivity contribution in [3.8, 4) is 0 Å². The normalized spacial score (nSPS) is 11.2. The number of nitrogens with one attached hydrogen (secondary N) is 1. The minimum Gasteiger partial charge on any atom is -0.481 e. The molecule has 1 aromatic carbocycles. The fourth-order valence-electron chi connectivity index (χ4n) is 1.11. The third kappa shape index (κ3) is 3.40. The number of halogens is 1. The Morgan fingerprint density at radius 1 is 1.60 bits per heavy atom.